The summed E-state index contributed by atoms with van der Waals surface area (Å²) in [6.07, 6.45) is 13.2. The van der Waals surface area contributed by atoms with Gasteiger partial charge >= 0.3 is 0 Å². The first kappa shape index (κ1) is 7.65. The lowest BCUT2D eigenvalue weighted by molar-refractivity contribution is 0.0877. The van der Waals surface area contributed by atoms with E-state index in [-0.39, 0.29) is 10.9 Å². The number of rotatable bonds is 0. The highest BCUT2D eigenvalue weighted by atomic mass is 32.2. The molecule has 0 bridgehead atoms. The van der Waals surface area contributed by atoms with Crippen molar-refractivity contribution in [3.05, 3.63) is 47.4 Å². The fraction of sp³-hybridized carbons (Fsp3) is 0.273. The Morgan fingerprint density at radius 3 is 3.46 bits per heavy atom. The van der Waals surface area contributed by atoms with E-state index in [1.165, 1.54) is 5.57 Å². The van der Waals surface area contributed by atoms with Crippen LogP contribution in [0.3, 0.4) is 0 Å². The van der Waals surface area contributed by atoms with Crippen LogP contribution in [0.4, 0.5) is 0 Å². The van der Waals surface area contributed by atoms with Crippen molar-refractivity contribution in [2.45, 2.75) is 10.9 Å². The summed E-state index contributed by atoms with van der Waals surface area (Å²) in [4.78, 5) is 0. The Bertz CT molecular complexity index is 351. The van der Waals surface area contributed by atoms with Gasteiger partial charge in [0.05, 0.1) is 17.5 Å². The highest BCUT2D eigenvalue weighted by molar-refractivity contribution is 8.04. The third-order valence-corrected chi connectivity index (χ3v) is 3.97. The SMILES string of the molecule is C1=CC2OCC=C3C=CSC32C=C1. The second kappa shape index (κ2) is 2.63. The van der Waals surface area contributed by atoms with Crippen molar-refractivity contribution in [2.24, 2.45) is 0 Å². The molecule has 3 aliphatic rings. The number of hydrogen-bond acceptors (Lipinski definition) is 2. The third-order valence-electron chi connectivity index (χ3n) is 2.70. The molecule has 1 aliphatic carbocycles. The Kier molecular flexibility index (Phi) is 1.55. The number of hydrogen-bond donors (Lipinski definition) is 0. The molecule has 2 heterocycles. The minimum absolute atomic E-state index is 0.0625. The largest absolute Gasteiger partial charge is 0.368 e. The average molecular weight is 190 g/mol. The summed E-state index contributed by atoms with van der Waals surface area (Å²) in [6.45, 7) is 0.741. The second-order valence-electron chi connectivity index (χ2n) is 3.37. The smallest absolute Gasteiger partial charge is 0.0989 e. The van der Waals surface area contributed by atoms with Gasteiger partial charge in [-0.15, -0.1) is 11.8 Å². The zero-order valence-electron chi connectivity index (χ0n) is 7.14. The van der Waals surface area contributed by atoms with E-state index in [0.29, 0.717) is 0 Å². The van der Waals surface area contributed by atoms with Crippen LogP contribution >= 0.6 is 11.8 Å². The Hall–Kier alpha value is -0.730. The van der Waals surface area contributed by atoms with E-state index in [4.69, 9.17) is 4.74 Å². The van der Waals surface area contributed by atoms with Gasteiger partial charge < -0.3 is 4.74 Å². The lowest BCUT2D eigenvalue weighted by Crippen LogP contribution is -2.41. The molecule has 0 aromatic carbocycles. The van der Waals surface area contributed by atoms with Gasteiger partial charge in [0.1, 0.15) is 0 Å². The molecule has 0 N–H and O–H groups in total. The second-order valence-corrected chi connectivity index (χ2v) is 4.55. The highest BCUT2D eigenvalue weighted by Gasteiger charge is 2.44. The molecule has 0 fully saturated rings. The molecule has 66 valence electrons. The van der Waals surface area contributed by atoms with Crippen molar-refractivity contribution in [1.29, 1.82) is 0 Å². The van der Waals surface area contributed by atoms with Gasteiger partial charge in [-0.25, -0.2) is 0 Å². The van der Waals surface area contributed by atoms with Crippen LogP contribution in [-0.2, 0) is 4.74 Å². The van der Waals surface area contributed by atoms with Crippen LogP contribution in [-0.4, -0.2) is 17.5 Å². The molecular formula is C11H10OS. The molecule has 0 saturated heterocycles. The molecule has 3 rings (SSSR count). The predicted molar refractivity (Wildman–Crippen MR) is 55.6 cm³/mol. The van der Waals surface area contributed by atoms with Crippen LogP contribution in [0, 0.1) is 0 Å². The molecule has 0 amide bonds. The lowest BCUT2D eigenvalue weighted by atomic mass is 9.87. The fourth-order valence-corrected chi connectivity index (χ4v) is 3.20. The van der Waals surface area contributed by atoms with Gasteiger partial charge in [-0.2, -0.15) is 0 Å². The summed E-state index contributed by atoms with van der Waals surface area (Å²) >= 11 is 1.85. The van der Waals surface area contributed by atoms with Crippen LogP contribution in [0.5, 0.6) is 0 Å². The summed E-state index contributed by atoms with van der Waals surface area (Å²) in [6, 6.07) is 0. The quantitative estimate of drug-likeness (QED) is 0.580. The highest BCUT2D eigenvalue weighted by Crippen LogP contribution is 2.48. The number of allylic oxidation sites excluding steroid dienone is 3. The van der Waals surface area contributed by atoms with Gasteiger partial charge in [0.25, 0.3) is 0 Å². The minimum Gasteiger partial charge on any atom is -0.368 e. The Labute approximate surface area is 81.8 Å². The van der Waals surface area contributed by atoms with Crippen molar-refractivity contribution in [3.63, 3.8) is 0 Å². The third kappa shape index (κ3) is 0.930. The number of thioether (sulfide) groups is 1. The Morgan fingerprint density at radius 2 is 2.46 bits per heavy atom. The van der Waals surface area contributed by atoms with Gasteiger partial charge in [0.15, 0.2) is 0 Å². The van der Waals surface area contributed by atoms with E-state index in [0.717, 1.165) is 6.61 Å². The fourth-order valence-electron chi connectivity index (χ4n) is 2.03. The molecule has 13 heavy (non-hydrogen) atoms. The van der Waals surface area contributed by atoms with E-state index in [2.05, 4.69) is 41.9 Å². The lowest BCUT2D eigenvalue weighted by Gasteiger charge is -2.38. The molecule has 0 radical (unpaired) electrons. The molecule has 0 saturated carbocycles. The van der Waals surface area contributed by atoms with Gasteiger partial charge in [-0.3, -0.25) is 0 Å². The first-order chi connectivity index (χ1) is 6.42. The number of ether oxygens (including phenoxy) is 1. The van der Waals surface area contributed by atoms with Crippen molar-refractivity contribution < 1.29 is 4.74 Å². The predicted octanol–water partition coefficient (Wildman–Crippen LogP) is 2.44. The van der Waals surface area contributed by atoms with E-state index >= 15 is 0 Å². The van der Waals surface area contributed by atoms with Gasteiger partial charge in [0.2, 0.25) is 0 Å². The summed E-state index contributed by atoms with van der Waals surface area (Å²) < 4.78 is 5.77. The van der Waals surface area contributed by atoms with E-state index in [1.54, 1.807) is 0 Å². The molecule has 1 nitrogen and oxygen atoms in total. The molecule has 1 spiro atoms. The molecular weight excluding hydrogens is 180 g/mol. The standard InChI is InChI=1S/C11H10OS/c1-2-6-11-9(5-8-13-11)4-7-12-10(11)3-1/h1-6,8,10H,7H2. The monoisotopic (exact) mass is 190 g/mol. The maximum atomic E-state index is 5.71. The average Bonchev–Trinajstić information content (AvgIpc) is 2.58. The zero-order valence-corrected chi connectivity index (χ0v) is 7.96. The maximum absolute atomic E-state index is 5.71. The van der Waals surface area contributed by atoms with Crippen LogP contribution in [0.15, 0.2) is 47.4 Å². The zero-order chi connectivity index (χ0) is 8.73. The van der Waals surface area contributed by atoms with Gasteiger partial charge in [-0.05, 0) is 11.0 Å². The first-order valence-electron chi connectivity index (χ1n) is 4.44. The summed E-state index contributed by atoms with van der Waals surface area (Å²) in [7, 11) is 0. The Morgan fingerprint density at radius 1 is 1.46 bits per heavy atom. The van der Waals surface area contributed by atoms with Gasteiger partial charge in [0, 0.05) is 0 Å². The molecule has 0 aromatic heterocycles. The molecule has 2 atom stereocenters. The topological polar surface area (TPSA) is 9.23 Å². The van der Waals surface area contributed by atoms with Crippen molar-refractivity contribution in [1.82, 2.24) is 0 Å². The summed E-state index contributed by atoms with van der Waals surface area (Å²) in [5.41, 5.74) is 1.40. The minimum atomic E-state index is 0.0625. The van der Waals surface area contributed by atoms with Crippen LogP contribution in [0.1, 0.15) is 0 Å². The molecule has 2 aliphatic heterocycles. The van der Waals surface area contributed by atoms with E-state index in [1.807, 2.05) is 11.8 Å². The van der Waals surface area contributed by atoms with Crippen molar-refractivity contribution in [2.75, 3.05) is 6.61 Å². The van der Waals surface area contributed by atoms with E-state index < -0.39 is 0 Å². The Balaban J connectivity index is 2.13. The molecule has 0 aromatic rings. The molecule has 2 heteroatoms. The van der Waals surface area contributed by atoms with Crippen LogP contribution in [0.2, 0.25) is 0 Å². The van der Waals surface area contributed by atoms with Crippen molar-refractivity contribution >= 4 is 11.8 Å². The molecule has 2 unspecified atom stereocenters. The first-order valence-corrected chi connectivity index (χ1v) is 5.32. The van der Waals surface area contributed by atoms with Crippen molar-refractivity contribution in [3.8, 4) is 0 Å². The van der Waals surface area contributed by atoms with Crippen LogP contribution < -0.4 is 0 Å². The summed E-state index contributed by atoms with van der Waals surface area (Å²) in [5.74, 6) is 0. The normalized spacial score (nSPS) is 40.0. The van der Waals surface area contributed by atoms with Crippen LogP contribution in [0.25, 0.3) is 0 Å². The summed E-state index contributed by atoms with van der Waals surface area (Å²) in [5, 5.41) is 2.16. The maximum Gasteiger partial charge on any atom is 0.0989 e. The van der Waals surface area contributed by atoms with E-state index in [9.17, 15) is 0 Å². The van der Waals surface area contributed by atoms with Gasteiger partial charge in [-0.1, -0.05) is 36.5 Å².